The predicted molar refractivity (Wildman–Crippen MR) is 101 cm³/mol. The van der Waals surface area contributed by atoms with Crippen LogP contribution in [0.5, 0.6) is 0 Å². The summed E-state index contributed by atoms with van der Waals surface area (Å²) in [6.07, 6.45) is 1.11. The van der Waals surface area contributed by atoms with E-state index in [0.29, 0.717) is 23.6 Å². The topological polar surface area (TPSA) is 71.2 Å². The van der Waals surface area contributed by atoms with Crippen LogP contribution >= 0.6 is 11.6 Å². The zero-order valence-corrected chi connectivity index (χ0v) is 15.0. The van der Waals surface area contributed by atoms with E-state index < -0.39 is 12.0 Å². The van der Waals surface area contributed by atoms with E-state index in [1.807, 2.05) is 36.4 Å². The first-order chi connectivity index (χ1) is 12.6. The van der Waals surface area contributed by atoms with Crippen molar-refractivity contribution in [3.8, 4) is 0 Å². The summed E-state index contributed by atoms with van der Waals surface area (Å²) in [5.41, 5.74) is 2.27. The highest BCUT2D eigenvalue weighted by Gasteiger charge is 2.22. The summed E-state index contributed by atoms with van der Waals surface area (Å²) in [6.45, 7) is 0. The van der Waals surface area contributed by atoms with Crippen LogP contribution in [-0.4, -0.2) is 30.0 Å². The van der Waals surface area contributed by atoms with Crippen LogP contribution in [0.25, 0.3) is 10.9 Å². The SMILES string of the molecule is COC(=O)C(CCc1ccccc1)NC(=O)c1cc2cc(Cl)ccc2[nH]1. The van der Waals surface area contributed by atoms with Crippen molar-refractivity contribution < 1.29 is 14.3 Å². The quantitative estimate of drug-likeness (QED) is 0.649. The van der Waals surface area contributed by atoms with Gasteiger partial charge in [-0.15, -0.1) is 0 Å². The van der Waals surface area contributed by atoms with Gasteiger partial charge in [-0.3, -0.25) is 4.79 Å². The first-order valence-corrected chi connectivity index (χ1v) is 8.65. The Morgan fingerprint density at radius 3 is 2.65 bits per heavy atom. The fourth-order valence-electron chi connectivity index (χ4n) is 2.81. The number of carbonyl (C=O) groups excluding carboxylic acids is 2. The largest absolute Gasteiger partial charge is 0.467 e. The number of methoxy groups -OCH3 is 1. The van der Waals surface area contributed by atoms with Gasteiger partial charge in [0.1, 0.15) is 11.7 Å². The van der Waals surface area contributed by atoms with Crippen molar-refractivity contribution in [3.63, 3.8) is 0 Å². The lowest BCUT2D eigenvalue weighted by atomic mass is 10.1. The van der Waals surface area contributed by atoms with Crippen LogP contribution in [0.4, 0.5) is 0 Å². The average molecular weight is 371 g/mol. The van der Waals surface area contributed by atoms with Gasteiger partial charge in [0, 0.05) is 15.9 Å². The molecule has 0 radical (unpaired) electrons. The number of amides is 1. The number of nitrogens with one attached hydrogen (secondary N) is 2. The summed E-state index contributed by atoms with van der Waals surface area (Å²) in [6, 6.07) is 16.1. The number of esters is 1. The van der Waals surface area contributed by atoms with E-state index in [1.54, 1.807) is 18.2 Å². The van der Waals surface area contributed by atoms with E-state index in [1.165, 1.54) is 7.11 Å². The third kappa shape index (κ3) is 4.24. The number of ether oxygens (including phenoxy) is 1. The number of rotatable bonds is 6. The Labute approximate surface area is 156 Å². The van der Waals surface area contributed by atoms with Gasteiger partial charge in [0.25, 0.3) is 5.91 Å². The maximum Gasteiger partial charge on any atom is 0.328 e. The highest BCUT2D eigenvalue weighted by molar-refractivity contribution is 6.31. The second kappa shape index (κ2) is 8.06. The molecule has 6 heteroatoms. The molecule has 3 aromatic rings. The van der Waals surface area contributed by atoms with Gasteiger partial charge in [-0.05, 0) is 42.7 Å². The molecule has 0 aliphatic carbocycles. The van der Waals surface area contributed by atoms with Crippen molar-refractivity contribution in [2.24, 2.45) is 0 Å². The normalized spacial score (nSPS) is 11.9. The number of fused-ring (bicyclic) bond motifs is 1. The second-order valence-corrected chi connectivity index (χ2v) is 6.42. The Morgan fingerprint density at radius 2 is 1.92 bits per heavy atom. The summed E-state index contributed by atoms with van der Waals surface area (Å²) in [5.74, 6) is -0.825. The van der Waals surface area contributed by atoms with Gasteiger partial charge >= 0.3 is 5.97 Å². The van der Waals surface area contributed by atoms with Gasteiger partial charge in [-0.2, -0.15) is 0 Å². The van der Waals surface area contributed by atoms with Crippen LogP contribution in [0.2, 0.25) is 5.02 Å². The van der Waals surface area contributed by atoms with Gasteiger partial charge in [0.15, 0.2) is 0 Å². The van der Waals surface area contributed by atoms with E-state index in [-0.39, 0.29) is 5.91 Å². The molecule has 5 nitrogen and oxygen atoms in total. The van der Waals surface area contributed by atoms with Crippen LogP contribution in [0, 0.1) is 0 Å². The molecule has 1 heterocycles. The number of hydrogen-bond donors (Lipinski definition) is 2. The third-order valence-electron chi connectivity index (χ3n) is 4.18. The fourth-order valence-corrected chi connectivity index (χ4v) is 2.99. The number of halogens is 1. The van der Waals surface area contributed by atoms with Crippen molar-refractivity contribution >= 4 is 34.4 Å². The molecule has 1 aromatic heterocycles. The number of aromatic nitrogens is 1. The minimum Gasteiger partial charge on any atom is -0.467 e. The Hall–Kier alpha value is -2.79. The zero-order valence-electron chi connectivity index (χ0n) is 14.3. The minimum atomic E-state index is -0.720. The Balaban J connectivity index is 1.72. The standard InChI is InChI=1S/C20H19ClN2O3/c1-26-20(25)17(9-7-13-5-3-2-4-6-13)23-19(24)18-12-14-11-15(21)8-10-16(14)22-18/h2-6,8,10-12,17,22H,7,9H2,1H3,(H,23,24). The lowest BCUT2D eigenvalue weighted by Crippen LogP contribution is -2.42. The first kappa shape index (κ1) is 18.0. The summed E-state index contributed by atoms with van der Waals surface area (Å²) < 4.78 is 4.83. The van der Waals surface area contributed by atoms with E-state index in [4.69, 9.17) is 16.3 Å². The molecular formula is C20H19ClN2O3. The van der Waals surface area contributed by atoms with E-state index in [2.05, 4.69) is 10.3 Å². The molecule has 26 heavy (non-hydrogen) atoms. The number of carbonyl (C=O) groups is 2. The maximum atomic E-state index is 12.6. The Kier molecular flexibility index (Phi) is 5.58. The van der Waals surface area contributed by atoms with Crippen LogP contribution in [0.15, 0.2) is 54.6 Å². The van der Waals surface area contributed by atoms with Crippen LogP contribution in [0.1, 0.15) is 22.5 Å². The highest BCUT2D eigenvalue weighted by atomic mass is 35.5. The van der Waals surface area contributed by atoms with Crippen molar-refractivity contribution in [3.05, 3.63) is 70.9 Å². The molecular weight excluding hydrogens is 352 g/mol. The van der Waals surface area contributed by atoms with Crippen LogP contribution in [-0.2, 0) is 16.0 Å². The Bertz CT molecular complexity index is 921. The summed E-state index contributed by atoms with van der Waals surface area (Å²) in [4.78, 5) is 27.6. The van der Waals surface area contributed by atoms with Gasteiger partial charge in [0.05, 0.1) is 7.11 Å². The first-order valence-electron chi connectivity index (χ1n) is 8.27. The molecule has 0 saturated carbocycles. The molecule has 3 rings (SSSR count). The molecule has 1 amide bonds. The summed E-state index contributed by atoms with van der Waals surface area (Å²) >= 11 is 5.98. The third-order valence-corrected chi connectivity index (χ3v) is 4.42. The van der Waals surface area contributed by atoms with Crippen LogP contribution < -0.4 is 5.32 Å². The molecule has 2 aromatic carbocycles. The number of benzene rings is 2. The maximum absolute atomic E-state index is 12.6. The lowest BCUT2D eigenvalue weighted by Gasteiger charge is -2.16. The van der Waals surface area contributed by atoms with Gasteiger partial charge in [0.2, 0.25) is 0 Å². The minimum absolute atomic E-state index is 0.360. The summed E-state index contributed by atoms with van der Waals surface area (Å²) in [5, 5.41) is 4.18. The number of aromatic amines is 1. The second-order valence-electron chi connectivity index (χ2n) is 5.99. The van der Waals surface area contributed by atoms with Gasteiger partial charge in [-0.25, -0.2) is 4.79 Å². The monoisotopic (exact) mass is 370 g/mol. The predicted octanol–water partition coefficient (Wildman–Crippen LogP) is 3.73. The zero-order chi connectivity index (χ0) is 18.5. The fraction of sp³-hybridized carbons (Fsp3) is 0.200. The molecule has 0 aliphatic heterocycles. The van der Waals surface area contributed by atoms with Crippen molar-refractivity contribution in [2.45, 2.75) is 18.9 Å². The van der Waals surface area contributed by atoms with Crippen molar-refractivity contribution in [1.82, 2.24) is 10.3 Å². The lowest BCUT2D eigenvalue weighted by molar-refractivity contribution is -0.143. The average Bonchev–Trinajstić information content (AvgIpc) is 3.08. The molecule has 2 N–H and O–H groups in total. The summed E-state index contributed by atoms with van der Waals surface area (Å²) in [7, 11) is 1.31. The van der Waals surface area contributed by atoms with Gasteiger partial charge < -0.3 is 15.0 Å². The van der Waals surface area contributed by atoms with Crippen LogP contribution in [0.3, 0.4) is 0 Å². The molecule has 134 valence electrons. The van der Waals surface area contributed by atoms with E-state index in [9.17, 15) is 9.59 Å². The molecule has 1 atom stereocenters. The highest BCUT2D eigenvalue weighted by Crippen LogP contribution is 2.20. The van der Waals surface area contributed by atoms with E-state index in [0.717, 1.165) is 16.5 Å². The van der Waals surface area contributed by atoms with E-state index >= 15 is 0 Å². The molecule has 0 fully saturated rings. The molecule has 0 bridgehead atoms. The number of hydrogen-bond acceptors (Lipinski definition) is 3. The molecule has 0 saturated heterocycles. The van der Waals surface area contributed by atoms with Crippen molar-refractivity contribution in [2.75, 3.05) is 7.11 Å². The smallest absolute Gasteiger partial charge is 0.328 e. The molecule has 0 aliphatic rings. The number of H-pyrrole nitrogens is 1. The Morgan fingerprint density at radius 1 is 1.15 bits per heavy atom. The molecule has 1 unspecified atom stereocenters. The molecule has 0 spiro atoms. The van der Waals surface area contributed by atoms with Gasteiger partial charge in [-0.1, -0.05) is 41.9 Å². The number of aryl methyl sites for hydroxylation is 1. The van der Waals surface area contributed by atoms with Crippen molar-refractivity contribution in [1.29, 1.82) is 0 Å².